The van der Waals surface area contributed by atoms with Crippen LogP contribution in [-0.4, -0.2) is 9.97 Å². The van der Waals surface area contributed by atoms with Gasteiger partial charge in [0, 0.05) is 46.0 Å². The lowest BCUT2D eigenvalue weighted by Gasteiger charge is -2.27. The molecule has 2 aliphatic carbocycles. The Labute approximate surface area is 456 Å². The monoisotopic (exact) mass is 1000 g/mol. The summed E-state index contributed by atoms with van der Waals surface area (Å²) in [5.41, 5.74) is 19.2. The molecule has 78 heavy (non-hydrogen) atoms. The summed E-state index contributed by atoms with van der Waals surface area (Å²) in [6, 6.07) is 83.7. The number of hydrogen-bond donors (Lipinski definition) is 0. The molecule has 0 atom stereocenters. The number of fused-ring (bicyclic) bond motifs is 12. The third-order valence-corrected chi connectivity index (χ3v) is 16.5. The Morgan fingerprint density at radius 2 is 0.615 bits per heavy atom. The molecular formula is C74H56N4. The predicted molar refractivity (Wildman–Crippen MR) is 330 cm³/mol. The van der Waals surface area contributed by atoms with Gasteiger partial charge in [-0.05, 0) is 184 Å². The van der Waals surface area contributed by atoms with Crippen LogP contribution in [0.15, 0.2) is 243 Å². The molecule has 372 valence electrons. The normalized spacial score (nSPS) is 13.7. The van der Waals surface area contributed by atoms with Gasteiger partial charge >= 0.3 is 0 Å². The van der Waals surface area contributed by atoms with Gasteiger partial charge in [-0.2, -0.15) is 0 Å². The van der Waals surface area contributed by atoms with Gasteiger partial charge in [0.2, 0.25) is 0 Å². The summed E-state index contributed by atoms with van der Waals surface area (Å²) in [4.78, 5) is 14.0. The second-order valence-electron chi connectivity index (χ2n) is 21.9. The minimum atomic E-state index is -0.193. The zero-order valence-corrected chi connectivity index (χ0v) is 44.2. The van der Waals surface area contributed by atoms with Crippen molar-refractivity contribution in [2.45, 2.75) is 38.5 Å². The number of nitrogens with zero attached hydrogens (tertiary/aromatic N) is 4. The van der Waals surface area contributed by atoms with E-state index in [2.05, 4.69) is 268 Å². The molecule has 10 aromatic carbocycles. The minimum absolute atomic E-state index is 0.193. The van der Waals surface area contributed by atoms with Crippen LogP contribution in [0, 0.1) is 0 Å². The third kappa shape index (κ3) is 7.91. The second-order valence-corrected chi connectivity index (χ2v) is 21.9. The van der Waals surface area contributed by atoms with Crippen LogP contribution in [0.25, 0.3) is 78.9 Å². The first-order valence-electron chi connectivity index (χ1n) is 27.0. The molecule has 2 aliphatic rings. The van der Waals surface area contributed by atoms with Gasteiger partial charge in [-0.3, -0.25) is 9.80 Å². The van der Waals surface area contributed by atoms with Crippen LogP contribution in [0.4, 0.5) is 34.4 Å². The molecule has 0 saturated carbocycles. The van der Waals surface area contributed by atoms with Gasteiger partial charge in [0.1, 0.15) is 11.6 Å². The summed E-state index contributed by atoms with van der Waals surface area (Å²) in [6.45, 7) is 9.42. The van der Waals surface area contributed by atoms with Crippen LogP contribution in [-0.2, 0) is 10.8 Å². The average Bonchev–Trinajstić information content (AvgIpc) is 4.09. The molecule has 4 nitrogen and oxygen atoms in total. The molecule has 0 saturated heterocycles. The largest absolute Gasteiger partial charge is 0.295 e. The second kappa shape index (κ2) is 18.6. The lowest BCUT2D eigenvalue weighted by molar-refractivity contribution is 0.660. The number of benzene rings is 10. The fourth-order valence-corrected chi connectivity index (χ4v) is 12.5. The molecule has 0 fully saturated rings. The van der Waals surface area contributed by atoms with Gasteiger partial charge in [-0.25, -0.2) is 9.97 Å². The topological polar surface area (TPSA) is 32.3 Å². The van der Waals surface area contributed by atoms with E-state index in [-0.39, 0.29) is 10.8 Å². The van der Waals surface area contributed by atoms with Crippen LogP contribution in [0.2, 0.25) is 0 Å². The highest BCUT2D eigenvalue weighted by molar-refractivity contribution is 6.26. The Morgan fingerprint density at radius 1 is 0.282 bits per heavy atom. The maximum atomic E-state index is 4.76. The maximum Gasteiger partial charge on any atom is 0.137 e. The standard InChI is InChI=1S/C74H56N4/c1-73(2)67-45-51(31-37-61(67)63-39-33-55(47-69(63)73)77(53-17-7-5-8-18-53)71-23-13-15-41-75-71)27-25-49-29-35-59-60-36-30-50(44-66(60)58-22-12-11-21-57(58)65(59)43-49)26-28-52-32-38-62-64-40-34-56(48-70(64)74(3,4)68(62)46-52)78(54-19-9-6-10-20-54)72-24-14-16-42-76-72/h5-48H,1-4H3. The predicted octanol–water partition coefficient (Wildman–Crippen LogP) is 19.8. The van der Waals surface area contributed by atoms with Gasteiger partial charge in [0.25, 0.3) is 0 Å². The van der Waals surface area contributed by atoms with E-state index in [1.165, 1.54) is 99.1 Å². The fraction of sp³-hybridized carbons (Fsp3) is 0.0811. The van der Waals surface area contributed by atoms with Crippen LogP contribution < -0.4 is 9.80 Å². The highest BCUT2D eigenvalue weighted by Crippen LogP contribution is 2.53. The van der Waals surface area contributed by atoms with E-state index in [1.807, 2.05) is 36.7 Å². The van der Waals surface area contributed by atoms with E-state index < -0.39 is 0 Å². The number of rotatable bonds is 10. The molecule has 2 aromatic heterocycles. The third-order valence-electron chi connectivity index (χ3n) is 16.5. The Kier molecular flexibility index (Phi) is 11.2. The molecule has 0 radical (unpaired) electrons. The molecule has 0 bridgehead atoms. The van der Waals surface area contributed by atoms with E-state index in [9.17, 15) is 0 Å². The number of hydrogen-bond acceptors (Lipinski definition) is 4. The summed E-state index contributed by atoms with van der Waals surface area (Å²) >= 11 is 0. The minimum Gasteiger partial charge on any atom is -0.295 e. The summed E-state index contributed by atoms with van der Waals surface area (Å²) in [5, 5.41) is 7.57. The Hall–Kier alpha value is -9.64. The van der Waals surface area contributed by atoms with Gasteiger partial charge in [0.05, 0.1) is 0 Å². The molecule has 2 heterocycles. The van der Waals surface area contributed by atoms with Crippen molar-refractivity contribution in [2.75, 3.05) is 9.80 Å². The van der Waals surface area contributed by atoms with E-state index in [0.717, 1.165) is 34.4 Å². The number of aromatic nitrogens is 2. The number of pyridine rings is 2. The van der Waals surface area contributed by atoms with Gasteiger partial charge < -0.3 is 0 Å². The van der Waals surface area contributed by atoms with Crippen LogP contribution in [0.5, 0.6) is 0 Å². The summed E-state index contributed by atoms with van der Waals surface area (Å²) in [5.74, 6) is 1.79. The molecule has 14 rings (SSSR count). The molecule has 0 aliphatic heterocycles. The van der Waals surface area contributed by atoms with Gasteiger partial charge in [0.15, 0.2) is 0 Å². The van der Waals surface area contributed by atoms with Gasteiger partial charge in [-0.15, -0.1) is 0 Å². The van der Waals surface area contributed by atoms with E-state index in [1.54, 1.807) is 0 Å². The van der Waals surface area contributed by atoms with Crippen molar-refractivity contribution < 1.29 is 0 Å². The molecule has 0 spiro atoms. The molecule has 0 unspecified atom stereocenters. The lowest BCUT2D eigenvalue weighted by atomic mass is 9.81. The van der Waals surface area contributed by atoms with Crippen LogP contribution in [0.3, 0.4) is 0 Å². The van der Waals surface area contributed by atoms with Crippen molar-refractivity contribution in [2.24, 2.45) is 0 Å². The lowest BCUT2D eigenvalue weighted by Crippen LogP contribution is -2.17. The zero-order valence-electron chi connectivity index (χ0n) is 44.2. The Morgan fingerprint density at radius 3 is 1.01 bits per heavy atom. The number of anilines is 6. The van der Waals surface area contributed by atoms with E-state index >= 15 is 0 Å². The fourth-order valence-electron chi connectivity index (χ4n) is 12.5. The van der Waals surface area contributed by atoms with Crippen LogP contribution >= 0.6 is 0 Å². The van der Waals surface area contributed by atoms with Crippen LogP contribution in [0.1, 0.15) is 72.2 Å². The van der Waals surface area contributed by atoms with Crippen molar-refractivity contribution in [3.05, 3.63) is 287 Å². The van der Waals surface area contributed by atoms with Crippen molar-refractivity contribution in [1.82, 2.24) is 9.97 Å². The molecule has 12 aromatic rings. The highest BCUT2D eigenvalue weighted by atomic mass is 15.2. The SMILES string of the molecule is CC1(C)c2cc(C=Cc3ccc4c5ccc(C=Cc6ccc7c(c6)C(C)(C)c6cc(N(c8ccccc8)c8ccccn8)ccc6-7)cc5c5ccccc5c4c3)ccc2-c2ccc(N(c3ccccc3)c3ccccn3)cc21. The molecule has 0 N–H and O–H groups in total. The first kappa shape index (κ1) is 46.9. The van der Waals surface area contributed by atoms with E-state index in [0.29, 0.717) is 0 Å². The number of para-hydroxylation sites is 2. The summed E-state index contributed by atoms with van der Waals surface area (Å²) in [7, 11) is 0. The first-order valence-corrected chi connectivity index (χ1v) is 27.0. The summed E-state index contributed by atoms with van der Waals surface area (Å²) < 4.78 is 0. The first-order chi connectivity index (χ1) is 38.2. The van der Waals surface area contributed by atoms with Crippen molar-refractivity contribution in [3.63, 3.8) is 0 Å². The smallest absolute Gasteiger partial charge is 0.137 e. The van der Waals surface area contributed by atoms with Crippen molar-refractivity contribution >= 4 is 91.0 Å². The van der Waals surface area contributed by atoms with Crippen molar-refractivity contribution in [3.8, 4) is 22.3 Å². The summed E-state index contributed by atoms with van der Waals surface area (Å²) in [6.07, 6.45) is 12.8. The Balaban J connectivity index is 0.734. The zero-order chi connectivity index (χ0) is 52.5. The molecule has 4 heteroatoms. The van der Waals surface area contributed by atoms with E-state index in [4.69, 9.17) is 9.97 Å². The Bertz CT molecular complexity index is 3990. The molecular weight excluding hydrogens is 945 g/mol. The highest BCUT2D eigenvalue weighted by Gasteiger charge is 2.38. The average molecular weight is 1000 g/mol. The van der Waals surface area contributed by atoms with Crippen molar-refractivity contribution in [1.29, 1.82) is 0 Å². The molecule has 0 amide bonds. The quantitative estimate of drug-likeness (QED) is 0.101. The maximum absolute atomic E-state index is 4.76. The van der Waals surface area contributed by atoms with Gasteiger partial charge in [-0.1, -0.05) is 198 Å².